The van der Waals surface area contributed by atoms with Gasteiger partial charge in [0.25, 0.3) is 5.55 Å². The topological polar surface area (TPSA) is 9.23 Å². The Morgan fingerprint density at radius 3 is 0.821 bits per heavy atom. The molecular formula is C14H9F23OSi. The molecule has 0 unspecified atom stereocenters. The summed E-state index contributed by atoms with van der Waals surface area (Å²) in [6.45, 7) is -0.0880. The van der Waals surface area contributed by atoms with Gasteiger partial charge in [-0.3, -0.25) is 4.74 Å². The van der Waals surface area contributed by atoms with Gasteiger partial charge < -0.3 is 0 Å². The van der Waals surface area contributed by atoms with E-state index in [9.17, 15) is 101 Å². The molecule has 0 spiro atoms. The quantitative estimate of drug-likeness (QED) is 0.169. The molecule has 0 fully saturated rings. The van der Waals surface area contributed by atoms with Gasteiger partial charge in [-0.2, -0.15) is 92.2 Å². The van der Waals surface area contributed by atoms with E-state index >= 15 is 0 Å². The number of alkyl halides is 23. The van der Waals surface area contributed by atoms with Gasteiger partial charge in [-0.1, -0.05) is 19.6 Å². The van der Waals surface area contributed by atoms with Gasteiger partial charge in [0.2, 0.25) is 0 Å². The molecule has 25 heteroatoms. The van der Waals surface area contributed by atoms with Crippen LogP contribution in [0.3, 0.4) is 0 Å². The van der Waals surface area contributed by atoms with E-state index in [4.69, 9.17) is 0 Å². The summed E-state index contributed by atoms with van der Waals surface area (Å²) in [5, 5.41) is 0. The average molecular weight is 658 g/mol. The zero-order valence-electron chi connectivity index (χ0n) is 18.1. The summed E-state index contributed by atoms with van der Waals surface area (Å²) in [5.41, 5.74) is -6.51. The van der Waals surface area contributed by atoms with Crippen LogP contribution in [-0.2, 0) is 4.74 Å². The monoisotopic (exact) mass is 658 g/mol. The van der Waals surface area contributed by atoms with Crippen LogP contribution in [-0.4, -0.2) is 73.5 Å². The van der Waals surface area contributed by atoms with E-state index in [1.807, 2.05) is 0 Å². The lowest BCUT2D eigenvalue weighted by Gasteiger charge is -2.45. The number of hydrogen-bond donors (Lipinski definition) is 0. The van der Waals surface area contributed by atoms with Gasteiger partial charge in [0, 0.05) is 0 Å². The molecule has 0 heterocycles. The molecule has 0 bridgehead atoms. The van der Waals surface area contributed by atoms with E-state index in [-0.39, 0.29) is 19.6 Å². The SMILES string of the molecule is C[Si](C)(C)C(F)(F)C(F)(F)C(F)(F)C(F)(F)C(F)(F)C(F)(F)C(F)(F)C(F)(F)OC(F)(C(F)(F)F)C(F)(F)F. The zero-order chi connectivity index (χ0) is 32.7. The molecule has 0 aromatic carbocycles. The summed E-state index contributed by atoms with van der Waals surface area (Å²) in [7, 11) is -5.31. The molecule has 0 saturated heterocycles. The third-order valence-corrected chi connectivity index (χ3v) is 6.87. The van der Waals surface area contributed by atoms with Gasteiger partial charge in [0.05, 0.1) is 0 Å². The summed E-state index contributed by atoms with van der Waals surface area (Å²) in [5.74, 6) is -61.0. The maximum atomic E-state index is 13.8. The Morgan fingerprint density at radius 1 is 0.359 bits per heavy atom. The fourth-order valence-corrected chi connectivity index (χ4v) is 3.26. The Balaban J connectivity index is 7.16. The predicted octanol–water partition coefficient (Wildman–Crippen LogP) is 8.71. The van der Waals surface area contributed by atoms with Crippen LogP contribution in [0.2, 0.25) is 19.6 Å². The minimum Gasteiger partial charge on any atom is -0.262 e. The normalized spacial score (nSPS) is 17.1. The molecule has 0 aliphatic heterocycles. The second-order valence-electron chi connectivity index (χ2n) is 8.48. The minimum absolute atomic E-state index is 0.0293. The lowest BCUT2D eigenvalue weighted by atomic mass is 9.91. The van der Waals surface area contributed by atoms with Crippen LogP contribution >= 0.6 is 0 Å². The van der Waals surface area contributed by atoms with E-state index in [0.717, 1.165) is 4.74 Å². The second-order valence-corrected chi connectivity index (χ2v) is 13.6. The largest absolute Gasteiger partial charge is 0.458 e. The van der Waals surface area contributed by atoms with Crippen molar-refractivity contribution in [3.63, 3.8) is 0 Å². The smallest absolute Gasteiger partial charge is 0.262 e. The van der Waals surface area contributed by atoms with Gasteiger partial charge in [0.1, 0.15) is 8.07 Å². The summed E-state index contributed by atoms with van der Waals surface area (Å²) in [4.78, 5) is 0. The summed E-state index contributed by atoms with van der Waals surface area (Å²) in [6.07, 6.45) is -24.6. The molecule has 0 N–H and O–H groups in total. The standard InChI is InChI=1S/C14H9F23OSi/c1-39(2,3)14(36,37)9(25,26)7(21,22)5(17,18)4(15,16)6(19,20)8(23,24)13(34,35)38-10(27,11(28,29)30)12(31,32)33/h1-3H3. The molecular weight excluding hydrogens is 649 g/mol. The second kappa shape index (κ2) is 9.03. The maximum absolute atomic E-state index is 13.8. The lowest BCUT2D eigenvalue weighted by Crippen LogP contribution is -2.77. The lowest BCUT2D eigenvalue weighted by molar-refractivity contribution is -0.527. The third kappa shape index (κ3) is 4.89. The third-order valence-electron chi connectivity index (χ3n) is 4.67. The molecule has 1 nitrogen and oxygen atoms in total. The molecule has 39 heavy (non-hydrogen) atoms. The molecule has 0 aromatic rings. The fraction of sp³-hybridized carbons (Fsp3) is 1.00. The first kappa shape index (κ1) is 37.6. The number of ether oxygens (including phenoxy) is 1. The average Bonchev–Trinajstić information content (AvgIpc) is 2.63. The van der Waals surface area contributed by atoms with E-state index in [0.29, 0.717) is 0 Å². The van der Waals surface area contributed by atoms with E-state index in [1.165, 1.54) is 0 Å². The van der Waals surface area contributed by atoms with Crippen molar-refractivity contribution in [2.75, 3.05) is 0 Å². The molecule has 0 saturated carbocycles. The maximum Gasteiger partial charge on any atom is 0.458 e. The molecule has 0 aliphatic carbocycles. The molecule has 0 radical (unpaired) electrons. The first-order chi connectivity index (χ1) is 16.2. The molecule has 0 aliphatic rings. The van der Waals surface area contributed by atoms with Crippen molar-refractivity contribution in [3.8, 4) is 0 Å². The highest BCUT2D eigenvalue weighted by molar-refractivity contribution is 6.78. The Morgan fingerprint density at radius 2 is 0.590 bits per heavy atom. The van der Waals surface area contributed by atoms with Gasteiger partial charge >= 0.3 is 59.9 Å². The van der Waals surface area contributed by atoms with Crippen LogP contribution < -0.4 is 0 Å². The zero-order valence-corrected chi connectivity index (χ0v) is 19.1. The number of halogens is 23. The van der Waals surface area contributed by atoms with Crippen molar-refractivity contribution in [1.29, 1.82) is 0 Å². The highest BCUT2D eigenvalue weighted by Gasteiger charge is 2.96. The predicted molar refractivity (Wildman–Crippen MR) is 80.0 cm³/mol. The fourth-order valence-electron chi connectivity index (χ4n) is 2.16. The molecule has 0 atom stereocenters. The molecule has 236 valence electrons. The van der Waals surface area contributed by atoms with Gasteiger partial charge in [0.15, 0.2) is 0 Å². The van der Waals surface area contributed by atoms with Gasteiger partial charge in [-0.25, -0.2) is 8.78 Å². The van der Waals surface area contributed by atoms with E-state index in [2.05, 4.69) is 0 Å². The van der Waals surface area contributed by atoms with Crippen molar-refractivity contribution >= 4 is 8.07 Å². The summed E-state index contributed by atoms with van der Waals surface area (Å²) >= 11 is 0. The highest BCUT2D eigenvalue weighted by atomic mass is 28.3. The minimum atomic E-state index is -9.18. The van der Waals surface area contributed by atoms with Crippen LogP contribution in [0.4, 0.5) is 101 Å². The number of hydrogen-bond acceptors (Lipinski definition) is 1. The van der Waals surface area contributed by atoms with Crippen molar-refractivity contribution in [1.82, 2.24) is 0 Å². The van der Waals surface area contributed by atoms with Crippen LogP contribution in [0, 0.1) is 0 Å². The number of rotatable bonds is 10. The Bertz CT molecular complexity index is 876. The molecule has 0 aromatic heterocycles. The van der Waals surface area contributed by atoms with Crippen molar-refractivity contribution in [3.05, 3.63) is 0 Å². The first-order valence-electron chi connectivity index (χ1n) is 8.75. The van der Waals surface area contributed by atoms with Gasteiger partial charge in [-0.15, -0.1) is 0 Å². The Kier molecular flexibility index (Phi) is 8.70. The molecule has 0 rings (SSSR count). The summed E-state index contributed by atoms with van der Waals surface area (Å²) in [6, 6.07) is 0. The van der Waals surface area contributed by atoms with Crippen molar-refractivity contribution in [2.24, 2.45) is 0 Å². The van der Waals surface area contributed by atoms with E-state index in [1.54, 1.807) is 0 Å². The Labute approximate surface area is 200 Å². The van der Waals surface area contributed by atoms with Crippen molar-refractivity contribution in [2.45, 2.75) is 85.0 Å². The van der Waals surface area contributed by atoms with Crippen LogP contribution in [0.25, 0.3) is 0 Å². The van der Waals surface area contributed by atoms with Crippen LogP contribution in [0.1, 0.15) is 0 Å². The Hall–Kier alpha value is -1.43. The first-order valence-corrected chi connectivity index (χ1v) is 12.3. The highest BCUT2D eigenvalue weighted by Crippen LogP contribution is 2.65. The summed E-state index contributed by atoms with van der Waals surface area (Å²) < 4.78 is 306. The van der Waals surface area contributed by atoms with Crippen LogP contribution in [0.15, 0.2) is 0 Å². The van der Waals surface area contributed by atoms with Crippen molar-refractivity contribution < 1.29 is 106 Å². The van der Waals surface area contributed by atoms with E-state index < -0.39 is 73.5 Å². The molecule has 0 amide bonds. The van der Waals surface area contributed by atoms with Crippen LogP contribution in [0.5, 0.6) is 0 Å². The van der Waals surface area contributed by atoms with Gasteiger partial charge in [-0.05, 0) is 0 Å².